The van der Waals surface area contributed by atoms with Crippen molar-refractivity contribution in [3.8, 4) is 11.5 Å². The van der Waals surface area contributed by atoms with E-state index in [-0.39, 0.29) is 24.1 Å². The standard InChI is InChI=1S/C34H40N4O6S/c1-4-38-30(24-36-19-10-20-37(22-21-36)45(41,42)29-17-15-25(3)16-18-29)31(33(39)43-5-2)32(35-34(38)40)26-11-9-14-28(23-26)44-27-12-7-6-8-13-27/h6-9,11-18,23,32H,4-5,10,19-22,24H2,1-3H3,(H,35,40). The first kappa shape index (κ1) is 32.2. The molecule has 0 radical (unpaired) electrons. The number of hydrogen-bond acceptors (Lipinski definition) is 7. The van der Waals surface area contributed by atoms with Crippen molar-refractivity contribution >= 4 is 22.0 Å². The topological polar surface area (TPSA) is 108 Å². The zero-order chi connectivity index (χ0) is 32.0. The average Bonchev–Trinajstić information content (AvgIpc) is 3.28. The molecule has 45 heavy (non-hydrogen) atoms. The average molecular weight is 633 g/mol. The Bertz CT molecular complexity index is 1640. The summed E-state index contributed by atoms with van der Waals surface area (Å²) in [5, 5.41) is 3.01. The maximum absolute atomic E-state index is 13.6. The van der Waals surface area contributed by atoms with E-state index in [1.807, 2.05) is 68.4 Å². The fraction of sp³-hybridized carbons (Fsp3) is 0.353. The molecule has 5 rings (SSSR count). The molecule has 2 aliphatic heterocycles. The molecule has 3 aromatic rings. The van der Waals surface area contributed by atoms with Crippen LogP contribution in [0.15, 0.2) is 95.0 Å². The summed E-state index contributed by atoms with van der Waals surface area (Å²) in [6.07, 6.45) is 0.605. The van der Waals surface area contributed by atoms with Crippen LogP contribution in [0.3, 0.4) is 0 Å². The number of ether oxygens (including phenoxy) is 2. The van der Waals surface area contributed by atoms with Gasteiger partial charge in [0.05, 0.1) is 23.1 Å². The number of nitrogens with one attached hydrogen (secondary N) is 1. The normalized spacial score (nSPS) is 18.3. The van der Waals surface area contributed by atoms with Crippen molar-refractivity contribution in [1.29, 1.82) is 0 Å². The Morgan fingerprint density at radius 3 is 2.36 bits per heavy atom. The molecule has 10 nitrogen and oxygen atoms in total. The molecule has 1 atom stereocenters. The first-order chi connectivity index (χ1) is 21.7. The third kappa shape index (κ3) is 7.38. The molecule has 2 heterocycles. The maximum atomic E-state index is 13.6. The third-order valence-electron chi connectivity index (χ3n) is 8.00. The smallest absolute Gasteiger partial charge is 0.338 e. The molecule has 0 bridgehead atoms. The highest BCUT2D eigenvalue weighted by Gasteiger charge is 2.39. The van der Waals surface area contributed by atoms with Gasteiger partial charge in [-0.3, -0.25) is 9.80 Å². The van der Waals surface area contributed by atoms with Crippen LogP contribution in [-0.4, -0.2) is 80.4 Å². The fourth-order valence-corrected chi connectivity index (χ4v) is 7.18. The number of nitrogens with zero attached hydrogens (tertiary/aromatic N) is 3. The summed E-state index contributed by atoms with van der Waals surface area (Å²) in [6.45, 7) is 8.04. The lowest BCUT2D eigenvalue weighted by molar-refractivity contribution is -0.139. The van der Waals surface area contributed by atoms with Crippen molar-refractivity contribution < 1.29 is 27.5 Å². The number of amides is 2. The van der Waals surface area contributed by atoms with E-state index in [9.17, 15) is 18.0 Å². The molecule has 0 aromatic heterocycles. The molecular weight excluding hydrogens is 592 g/mol. The predicted octanol–water partition coefficient (Wildman–Crippen LogP) is 5.09. The lowest BCUT2D eigenvalue weighted by Crippen LogP contribution is -2.51. The number of hydrogen-bond donors (Lipinski definition) is 1. The zero-order valence-electron chi connectivity index (χ0n) is 25.9. The van der Waals surface area contributed by atoms with E-state index in [1.165, 1.54) is 4.31 Å². The van der Waals surface area contributed by atoms with Crippen molar-refractivity contribution in [1.82, 2.24) is 19.4 Å². The Balaban J connectivity index is 1.44. The number of sulfonamides is 1. The van der Waals surface area contributed by atoms with Crippen molar-refractivity contribution in [3.05, 3.63) is 101 Å². The SMILES string of the molecule is CCOC(=O)C1=C(CN2CCCN(S(=O)(=O)c3ccc(C)cc3)CC2)N(CC)C(=O)NC1c1cccc(Oc2ccccc2)c1. The van der Waals surface area contributed by atoms with Gasteiger partial charge in [0.25, 0.3) is 0 Å². The highest BCUT2D eigenvalue weighted by Crippen LogP contribution is 2.34. The van der Waals surface area contributed by atoms with Crippen LogP contribution in [0, 0.1) is 6.92 Å². The molecule has 1 N–H and O–H groups in total. The molecule has 2 aliphatic rings. The van der Waals surface area contributed by atoms with Crippen LogP contribution in [0.2, 0.25) is 0 Å². The second-order valence-corrected chi connectivity index (χ2v) is 13.0. The molecule has 3 aromatic carbocycles. The molecular formula is C34H40N4O6S. The van der Waals surface area contributed by atoms with Crippen LogP contribution in [0.25, 0.3) is 0 Å². The molecule has 11 heteroatoms. The van der Waals surface area contributed by atoms with E-state index in [1.54, 1.807) is 36.1 Å². The lowest BCUT2D eigenvalue weighted by Gasteiger charge is -2.38. The second-order valence-electron chi connectivity index (χ2n) is 11.0. The van der Waals surface area contributed by atoms with Crippen LogP contribution < -0.4 is 10.1 Å². The van der Waals surface area contributed by atoms with Gasteiger partial charge in [0.2, 0.25) is 10.0 Å². The number of aryl methyl sites for hydroxylation is 1. The van der Waals surface area contributed by atoms with Crippen molar-refractivity contribution in [2.75, 3.05) is 45.9 Å². The lowest BCUT2D eigenvalue weighted by atomic mass is 9.94. The molecule has 1 unspecified atom stereocenters. The minimum absolute atomic E-state index is 0.176. The largest absolute Gasteiger partial charge is 0.463 e. The summed E-state index contributed by atoms with van der Waals surface area (Å²) in [5.74, 6) is 0.725. The van der Waals surface area contributed by atoms with Crippen LogP contribution in [0.1, 0.15) is 37.4 Å². The van der Waals surface area contributed by atoms with E-state index < -0.39 is 22.0 Å². The molecule has 1 saturated heterocycles. The summed E-state index contributed by atoms with van der Waals surface area (Å²) in [4.78, 5) is 31.0. The monoisotopic (exact) mass is 632 g/mol. The van der Waals surface area contributed by atoms with Gasteiger partial charge >= 0.3 is 12.0 Å². The fourth-order valence-electron chi connectivity index (χ4n) is 5.71. The van der Waals surface area contributed by atoms with Crippen molar-refractivity contribution in [3.63, 3.8) is 0 Å². The molecule has 0 aliphatic carbocycles. The van der Waals surface area contributed by atoms with Crippen LogP contribution in [0.4, 0.5) is 4.79 Å². The highest BCUT2D eigenvalue weighted by atomic mass is 32.2. The Morgan fingerprint density at radius 1 is 0.911 bits per heavy atom. The molecule has 0 saturated carbocycles. The summed E-state index contributed by atoms with van der Waals surface area (Å²) in [5.41, 5.74) is 2.57. The minimum atomic E-state index is -3.65. The Morgan fingerprint density at radius 2 is 1.64 bits per heavy atom. The number of esters is 1. The molecule has 2 amide bonds. The Kier molecular flexibility index (Phi) is 10.2. The van der Waals surface area contributed by atoms with Crippen LogP contribution in [-0.2, 0) is 19.6 Å². The van der Waals surface area contributed by atoms with Crippen LogP contribution in [0.5, 0.6) is 11.5 Å². The quantitative estimate of drug-likeness (QED) is 0.311. The maximum Gasteiger partial charge on any atom is 0.338 e. The predicted molar refractivity (Wildman–Crippen MR) is 171 cm³/mol. The van der Waals surface area contributed by atoms with E-state index >= 15 is 0 Å². The number of benzene rings is 3. The summed E-state index contributed by atoms with van der Waals surface area (Å²) >= 11 is 0. The van der Waals surface area contributed by atoms with E-state index in [0.29, 0.717) is 67.5 Å². The van der Waals surface area contributed by atoms with Crippen LogP contribution >= 0.6 is 0 Å². The summed E-state index contributed by atoms with van der Waals surface area (Å²) in [6, 6.07) is 22.5. The Hall–Kier alpha value is -4.19. The molecule has 1 fully saturated rings. The first-order valence-corrected chi connectivity index (χ1v) is 16.8. The second kappa shape index (κ2) is 14.3. The van der Waals surface area contributed by atoms with E-state index in [0.717, 1.165) is 5.56 Å². The van der Waals surface area contributed by atoms with Gasteiger partial charge in [0, 0.05) is 38.4 Å². The van der Waals surface area contributed by atoms with E-state index in [4.69, 9.17) is 9.47 Å². The van der Waals surface area contributed by atoms with Crippen molar-refractivity contribution in [2.45, 2.75) is 38.1 Å². The van der Waals surface area contributed by atoms with Gasteiger partial charge < -0.3 is 14.8 Å². The highest BCUT2D eigenvalue weighted by molar-refractivity contribution is 7.89. The van der Waals surface area contributed by atoms with Gasteiger partial charge in [0.1, 0.15) is 11.5 Å². The summed E-state index contributed by atoms with van der Waals surface area (Å²) in [7, 11) is -3.65. The van der Waals surface area contributed by atoms with Gasteiger partial charge in [-0.1, -0.05) is 48.0 Å². The summed E-state index contributed by atoms with van der Waals surface area (Å²) < 4.78 is 39.9. The van der Waals surface area contributed by atoms with Gasteiger partial charge in [-0.05, 0) is 75.7 Å². The van der Waals surface area contributed by atoms with E-state index in [2.05, 4.69) is 10.2 Å². The number of carbonyl (C=O) groups is 2. The zero-order valence-corrected chi connectivity index (χ0v) is 26.8. The molecule has 238 valence electrons. The van der Waals surface area contributed by atoms with Gasteiger partial charge in [0.15, 0.2) is 0 Å². The Labute approximate surface area is 265 Å². The van der Waals surface area contributed by atoms with Gasteiger partial charge in [-0.2, -0.15) is 4.31 Å². The number of para-hydroxylation sites is 1. The third-order valence-corrected chi connectivity index (χ3v) is 9.91. The number of urea groups is 1. The van der Waals surface area contributed by atoms with Gasteiger partial charge in [-0.15, -0.1) is 0 Å². The minimum Gasteiger partial charge on any atom is -0.463 e. The van der Waals surface area contributed by atoms with Gasteiger partial charge in [-0.25, -0.2) is 18.0 Å². The number of carbonyl (C=O) groups excluding carboxylic acids is 2. The van der Waals surface area contributed by atoms with Crippen molar-refractivity contribution in [2.24, 2.45) is 0 Å². The number of likely N-dealkylation sites (N-methyl/N-ethyl adjacent to an activating group) is 1. The number of rotatable bonds is 10. The first-order valence-electron chi connectivity index (χ1n) is 15.3. The molecule has 0 spiro atoms.